The Hall–Kier alpha value is -0.940. The Kier molecular flexibility index (Phi) is 1.66. The molecule has 0 bridgehead atoms. The monoisotopic (exact) mass is 278 g/mol. The van der Waals surface area contributed by atoms with E-state index in [0.717, 1.165) is 12.8 Å². The summed E-state index contributed by atoms with van der Waals surface area (Å²) in [5.41, 5.74) is -1.70. The van der Waals surface area contributed by atoms with Gasteiger partial charge in [0.15, 0.2) is 17.0 Å². The van der Waals surface area contributed by atoms with E-state index >= 15 is 0 Å². The number of carbonyl (C=O) groups is 2. The Labute approximate surface area is 116 Å². The molecule has 0 radical (unpaired) electrons. The van der Waals surface area contributed by atoms with E-state index in [0.29, 0.717) is 0 Å². The lowest BCUT2D eigenvalue weighted by Crippen LogP contribution is -2.62. The van der Waals surface area contributed by atoms with Crippen LogP contribution in [0.15, 0.2) is 0 Å². The normalized spacial score (nSPS) is 65.7. The molecule has 0 N–H and O–H groups in total. The van der Waals surface area contributed by atoms with Gasteiger partial charge in [0, 0.05) is 11.3 Å². The van der Waals surface area contributed by atoms with E-state index in [9.17, 15) is 9.59 Å². The number of Topliss-reactive ketones (excluding diaryl/α,β-unsaturated/α-hetero) is 1. The lowest BCUT2D eigenvalue weighted by atomic mass is 9.53. The molecule has 1 spiro atoms. The van der Waals surface area contributed by atoms with Gasteiger partial charge in [0.1, 0.15) is 18.3 Å². The molecule has 5 rings (SSSR count). The topological polar surface area (TPSA) is 68.4 Å². The van der Waals surface area contributed by atoms with E-state index in [2.05, 4.69) is 6.92 Å². The number of ether oxygens (including phenoxy) is 3. The summed E-state index contributed by atoms with van der Waals surface area (Å²) in [6.07, 6.45) is 1.23. The predicted octanol–water partition coefficient (Wildman–Crippen LogP) is 0.842. The van der Waals surface area contributed by atoms with E-state index < -0.39 is 11.2 Å². The van der Waals surface area contributed by atoms with Crippen molar-refractivity contribution in [2.24, 2.45) is 17.3 Å². The fraction of sp³-hybridized carbons (Fsp3) is 0.867. The fourth-order valence-electron chi connectivity index (χ4n) is 5.46. The van der Waals surface area contributed by atoms with Crippen LogP contribution in [0.4, 0.5) is 0 Å². The smallest absolute Gasteiger partial charge is 0.309 e. The summed E-state index contributed by atoms with van der Waals surface area (Å²) in [7, 11) is 0. The van der Waals surface area contributed by atoms with Gasteiger partial charge in [-0.15, -0.1) is 0 Å². The number of fused-ring (bicyclic) bond motifs is 3. The molecule has 3 aliphatic heterocycles. The van der Waals surface area contributed by atoms with Gasteiger partial charge < -0.3 is 14.2 Å². The van der Waals surface area contributed by atoms with Crippen LogP contribution in [0.25, 0.3) is 0 Å². The van der Waals surface area contributed by atoms with E-state index in [1.54, 1.807) is 0 Å². The molecule has 2 aliphatic carbocycles. The van der Waals surface area contributed by atoms with Gasteiger partial charge in [0.05, 0.1) is 5.92 Å². The Morgan fingerprint density at radius 1 is 1.20 bits per heavy atom. The van der Waals surface area contributed by atoms with E-state index in [-0.39, 0.29) is 47.3 Å². The average Bonchev–Trinajstić information content (AvgIpc) is 3.27. The van der Waals surface area contributed by atoms with Crippen molar-refractivity contribution in [3.8, 4) is 0 Å². The lowest BCUT2D eigenvalue weighted by Gasteiger charge is -2.47. The first-order chi connectivity index (χ1) is 9.37. The van der Waals surface area contributed by atoms with Crippen LogP contribution in [0.2, 0.25) is 0 Å². The van der Waals surface area contributed by atoms with Gasteiger partial charge in [-0.3, -0.25) is 9.59 Å². The average molecular weight is 278 g/mol. The Morgan fingerprint density at radius 3 is 2.70 bits per heavy atom. The summed E-state index contributed by atoms with van der Waals surface area (Å²) in [6, 6.07) is 0. The van der Waals surface area contributed by atoms with Gasteiger partial charge in [0.25, 0.3) is 0 Å². The minimum Gasteiger partial charge on any atom is -0.459 e. The molecule has 5 aliphatic rings. The molecule has 5 fully saturated rings. The molecule has 108 valence electrons. The van der Waals surface area contributed by atoms with Gasteiger partial charge in [-0.25, -0.2) is 0 Å². The molecule has 0 aromatic rings. The van der Waals surface area contributed by atoms with Crippen molar-refractivity contribution < 1.29 is 23.8 Å². The Morgan fingerprint density at radius 2 is 1.95 bits per heavy atom. The molecular formula is C15H18O5. The molecule has 8 atom stereocenters. The zero-order chi connectivity index (χ0) is 14.1. The number of hydrogen-bond acceptors (Lipinski definition) is 5. The first-order valence-electron chi connectivity index (χ1n) is 7.47. The molecule has 0 aromatic heterocycles. The van der Waals surface area contributed by atoms with E-state index in [4.69, 9.17) is 14.2 Å². The van der Waals surface area contributed by atoms with Gasteiger partial charge in [-0.2, -0.15) is 0 Å². The number of hydrogen-bond donors (Lipinski definition) is 0. The second-order valence-electron chi connectivity index (χ2n) is 7.48. The van der Waals surface area contributed by atoms with Crippen LogP contribution < -0.4 is 0 Å². The fourth-order valence-corrected chi connectivity index (χ4v) is 5.46. The van der Waals surface area contributed by atoms with Crippen LogP contribution in [0.5, 0.6) is 0 Å². The number of ketones is 1. The molecule has 20 heavy (non-hydrogen) atoms. The highest BCUT2D eigenvalue weighted by Crippen LogP contribution is 2.75. The zero-order valence-electron chi connectivity index (χ0n) is 11.8. The number of epoxide rings is 2. The minimum atomic E-state index is -0.826. The van der Waals surface area contributed by atoms with Crippen LogP contribution in [0.1, 0.15) is 33.6 Å². The van der Waals surface area contributed by atoms with Crippen molar-refractivity contribution in [2.45, 2.75) is 63.1 Å². The molecule has 8 unspecified atom stereocenters. The van der Waals surface area contributed by atoms with Gasteiger partial charge in [0.2, 0.25) is 0 Å². The third kappa shape index (κ3) is 0.871. The van der Waals surface area contributed by atoms with Crippen LogP contribution >= 0.6 is 0 Å². The van der Waals surface area contributed by atoms with Crippen molar-refractivity contribution in [1.29, 1.82) is 0 Å². The number of rotatable bonds is 0. The van der Waals surface area contributed by atoms with Crippen molar-refractivity contribution >= 4 is 11.8 Å². The predicted molar refractivity (Wildman–Crippen MR) is 65.8 cm³/mol. The largest absolute Gasteiger partial charge is 0.459 e. The summed E-state index contributed by atoms with van der Waals surface area (Å²) in [6.45, 7) is 5.92. The van der Waals surface area contributed by atoms with Crippen LogP contribution in [0, 0.1) is 17.3 Å². The molecule has 5 heteroatoms. The summed E-state index contributed by atoms with van der Waals surface area (Å²) in [4.78, 5) is 24.4. The highest BCUT2D eigenvalue weighted by molar-refractivity contribution is 6.00. The van der Waals surface area contributed by atoms with E-state index in [1.165, 1.54) is 0 Å². The number of carbonyl (C=O) groups excluding carboxylic acids is 2. The molecule has 0 amide bonds. The summed E-state index contributed by atoms with van der Waals surface area (Å²) >= 11 is 0. The molecule has 3 heterocycles. The third-order valence-corrected chi connectivity index (χ3v) is 6.77. The highest BCUT2D eigenvalue weighted by atomic mass is 16.7. The quantitative estimate of drug-likeness (QED) is 0.485. The Bertz CT molecular complexity index is 573. The maximum atomic E-state index is 12.5. The van der Waals surface area contributed by atoms with Gasteiger partial charge in [-0.1, -0.05) is 13.8 Å². The van der Waals surface area contributed by atoms with Crippen molar-refractivity contribution in [1.82, 2.24) is 0 Å². The van der Waals surface area contributed by atoms with Gasteiger partial charge in [-0.05, 0) is 19.8 Å². The zero-order valence-corrected chi connectivity index (χ0v) is 11.8. The minimum absolute atomic E-state index is 0.0382. The second kappa shape index (κ2) is 2.83. The van der Waals surface area contributed by atoms with Crippen LogP contribution in [0.3, 0.4) is 0 Å². The van der Waals surface area contributed by atoms with Crippen molar-refractivity contribution in [3.05, 3.63) is 0 Å². The second-order valence-corrected chi connectivity index (χ2v) is 7.48. The molecule has 5 nitrogen and oxygen atoms in total. The molecule has 3 saturated heterocycles. The Balaban J connectivity index is 1.67. The first kappa shape index (κ1) is 11.7. The highest BCUT2D eigenvalue weighted by Gasteiger charge is 2.93. The van der Waals surface area contributed by atoms with Crippen LogP contribution in [-0.2, 0) is 23.8 Å². The van der Waals surface area contributed by atoms with Gasteiger partial charge >= 0.3 is 5.97 Å². The summed E-state index contributed by atoms with van der Waals surface area (Å²) in [5, 5.41) is 0. The molecule has 0 aromatic carbocycles. The summed E-state index contributed by atoms with van der Waals surface area (Å²) < 4.78 is 17.4. The lowest BCUT2D eigenvalue weighted by molar-refractivity contribution is -0.151. The van der Waals surface area contributed by atoms with Crippen molar-refractivity contribution in [2.75, 3.05) is 0 Å². The molecular weight excluding hydrogens is 260 g/mol. The SMILES string of the molecule is CC1C(=O)OC2C1CCC1(C)C3OC3C(=O)C3(C)OC231. The maximum Gasteiger partial charge on any atom is 0.309 e. The summed E-state index contributed by atoms with van der Waals surface area (Å²) in [5.74, 6) is -0.0418. The third-order valence-electron chi connectivity index (χ3n) is 6.77. The first-order valence-corrected chi connectivity index (χ1v) is 7.47. The standard InChI is InChI=1S/C15H18O5/c1-6-7-4-5-13(2)11-8(18-11)9(16)14(3)15(13,20-14)10(7)19-12(6)17/h6-8,10-11H,4-5H2,1-3H3. The van der Waals surface area contributed by atoms with E-state index in [1.807, 2.05) is 13.8 Å². The van der Waals surface area contributed by atoms with Crippen molar-refractivity contribution in [3.63, 3.8) is 0 Å². The van der Waals surface area contributed by atoms with Crippen LogP contribution in [-0.4, -0.2) is 41.3 Å². The maximum absolute atomic E-state index is 12.5. The molecule has 2 saturated carbocycles. The number of esters is 1.